The Hall–Kier alpha value is -1.93. The van der Waals surface area contributed by atoms with E-state index in [-0.39, 0.29) is 6.04 Å². The molecule has 1 saturated carbocycles. The van der Waals surface area contributed by atoms with Crippen LogP contribution in [0.2, 0.25) is 5.02 Å². The molecule has 0 atom stereocenters. The van der Waals surface area contributed by atoms with Gasteiger partial charge in [0.05, 0.1) is 10.6 Å². The molecule has 0 bridgehead atoms. The number of amides is 1. The van der Waals surface area contributed by atoms with Crippen molar-refractivity contribution in [2.24, 2.45) is 0 Å². The van der Waals surface area contributed by atoms with Crippen LogP contribution in [0.5, 0.6) is 0 Å². The minimum Gasteiger partial charge on any atom is -0.465 e. The number of nitriles is 1. The molecule has 6 heteroatoms. The van der Waals surface area contributed by atoms with Crippen LogP contribution < -0.4 is 10.2 Å². The van der Waals surface area contributed by atoms with E-state index in [1.54, 1.807) is 6.07 Å². The Bertz CT molecular complexity index is 563. The van der Waals surface area contributed by atoms with Crippen LogP contribution in [0.25, 0.3) is 0 Å². The zero-order valence-corrected chi connectivity index (χ0v) is 12.6. The number of hydrogen-bond donors (Lipinski definition) is 2. The fourth-order valence-corrected chi connectivity index (χ4v) is 3.02. The number of anilines is 1. The van der Waals surface area contributed by atoms with Gasteiger partial charge < -0.3 is 15.3 Å². The van der Waals surface area contributed by atoms with Gasteiger partial charge in [-0.1, -0.05) is 11.6 Å². The van der Waals surface area contributed by atoms with Gasteiger partial charge in [0.25, 0.3) is 0 Å². The monoisotopic (exact) mass is 307 g/mol. The molecule has 1 aromatic rings. The van der Waals surface area contributed by atoms with E-state index < -0.39 is 6.09 Å². The van der Waals surface area contributed by atoms with Crippen LogP contribution in [0, 0.1) is 11.3 Å². The van der Waals surface area contributed by atoms with Crippen LogP contribution in [0.15, 0.2) is 18.2 Å². The summed E-state index contributed by atoms with van der Waals surface area (Å²) >= 11 is 6.07. The summed E-state index contributed by atoms with van der Waals surface area (Å²) in [7, 11) is 2.01. The third kappa shape index (κ3) is 3.79. The predicted octanol–water partition coefficient (Wildman–Crippen LogP) is 3.23. The van der Waals surface area contributed by atoms with Gasteiger partial charge in [-0.2, -0.15) is 5.26 Å². The summed E-state index contributed by atoms with van der Waals surface area (Å²) in [4.78, 5) is 12.8. The molecule has 0 heterocycles. The van der Waals surface area contributed by atoms with E-state index in [0.29, 0.717) is 16.6 Å². The molecule has 5 nitrogen and oxygen atoms in total. The molecule has 0 aromatic heterocycles. The summed E-state index contributed by atoms with van der Waals surface area (Å²) in [6.45, 7) is 0. The van der Waals surface area contributed by atoms with Crippen molar-refractivity contribution < 1.29 is 9.90 Å². The zero-order chi connectivity index (χ0) is 15.4. The smallest absolute Gasteiger partial charge is 0.404 e. The van der Waals surface area contributed by atoms with Crippen LogP contribution in [0.1, 0.15) is 31.2 Å². The van der Waals surface area contributed by atoms with Gasteiger partial charge in [0, 0.05) is 24.8 Å². The summed E-state index contributed by atoms with van der Waals surface area (Å²) < 4.78 is 0. The fourth-order valence-electron chi connectivity index (χ4n) is 2.81. The fraction of sp³-hybridized carbons (Fsp3) is 0.467. The van der Waals surface area contributed by atoms with Crippen molar-refractivity contribution in [2.45, 2.75) is 37.8 Å². The van der Waals surface area contributed by atoms with E-state index >= 15 is 0 Å². The number of nitrogens with zero attached hydrogens (tertiary/aromatic N) is 2. The van der Waals surface area contributed by atoms with Crippen LogP contribution in [-0.2, 0) is 0 Å². The summed E-state index contributed by atoms with van der Waals surface area (Å²) in [5, 5.41) is 20.6. The molecular formula is C15H18ClN3O2. The van der Waals surface area contributed by atoms with Crippen molar-refractivity contribution in [1.82, 2.24) is 5.32 Å². The Morgan fingerprint density at radius 1 is 1.43 bits per heavy atom. The summed E-state index contributed by atoms with van der Waals surface area (Å²) in [6.07, 6.45) is 2.58. The zero-order valence-electron chi connectivity index (χ0n) is 11.8. The summed E-state index contributed by atoms with van der Waals surface area (Å²) in [5.41, 5.74) is 1.46. The highest BCUT2D eigenvalue weighted by Gasteiger charge is 2.25. The van der Waals surface area contributed by atoms with Crippen LogP contribution in [-0.4, -0.2) is 30.3 Å². The van der Waals surface area contributed by atoms with Gasteiger partial charge in [0.1, 0.15) is 6.07 Å². The van der Waals surface area contributed by atoms with E-state index in [1.807, 2.05) is 19.2 Å². The number of benzene rings is 1. The van der Waals surface area contributed by atoms with E-state index in [2.05, 4.69) is 16.3 Å². The summed E-state index contributed by atoms with van der Waals surface area (Å²) in [5.74, 6) is 0. The van der Waals surface area contributed by atoms with Crippen LogP contribution >= 0.6 is 11.6 Å². The number of carboxylic acid groups (broad SMARTS) is 1. The van der Waals surface area contributed by atoms with E-state index in [9.17, 15) is 4.79 Å². The second kappa shape index (κ2) is 6.68. The molecule has 1 aromatic carbocycles. The molecular weight excluding hydrogens is 290 g/mol. The Morgan fingerprint density at radius 3 is 2.62 bits per heavy atom. The highest BCUT2D eigenvalue weighted by atomic mass is 35.5. The molecule has 1 aliphatic carbocycles. The van der Waals surface area contributed by atoms with Crippen molar-refractivity contribution in [2.75, 3.05) is 11.9 Å². The van der Waals surface area contributed by atoms with Gasteiger partial charge in [-0.05, 0) is 43.9 Å². The number of nitrogens with one attached hydrogen (secondary N) is 1. The molecule has 0 saturated heterocycles. The van der Waals surface area contributed by atoms with Gasteiger partial charge in [-0.15, -0.1) is 0 Å². The first-order valence-corrected chi connectivity index (χ1v) is 7.31. The SMILES string of the molecule is CN(c1ccc(C#N)c(Cl)c1)C1CCC(NC(=O)O)CC1. The third-order valence-electron chi connectivity index (χ3n) is 4.05. The molecule has 1 aliphatic rings. The normalized spacial score (nSPS) is 21.4. The van der Waals surface area contributed by atoms with E-state index in [0.717, 1.165) is 31.4 Å². The first kappa shape index (κ1) is 15.5. The van der Waals surface area contributed by atoms with Crippen molar-refractivity contribution >= 4 is 23.4 Å². The van der Waals surface area contributed by atoms with Gasteiger partial charge in [0.2, 0.25) is 0 Å². The minimum atomic E-state index is -0.953. The lowest BCUT2D eigenvalue weighted by molar-refractivity contribution is 0.185. The van der Waals surface area contributed by atoms with Gasteiger partial charge in [0.15, 0.2) is 0 Å². The highest BCUT2D eigenvalue weighted by molar-refractivity contribution is 6.32. The van der Waals surface area contributed by atoms with Gasteiger partial charge >= 0.3 is 6.09 Å². The molecule has 21 heavy (non-hydrogen) atoms. The quantitative estimate of drug-likeness (QED) is 0.899. The molecule has 0 spiro atoms. The Kier molecular flexibility index (Phi) is 4.92. The Morgan fingerprint density at radius 2 is 2.10 bits per heavy atom. The van der Waals surface area contributed by atoms with Crippen LogP contribution in [0.3, 0.4) is 0 Å². The summed E-state index contributed by atoms with van der Waals surface area (Å²) in [6, 6.07) is 7.90. The average molecular weight is 308 g/mol. The van der Waals surface area contributed by atoms with Gasteiger partial charge in [-0.3, -0.25) is 0 Å². The van der Waals surface area contributed by atoms with E-state index in [1.165, 1.54) is 0 Å². The molecule has 0 aliphatic heterocycles. The highest BCUT2D eigenvalue weighted by Crippen LogP contribution is 2.29. The van der Waals surface area contributed by atoms with Gasteiger partial charge in [-0.25, -0.2) is 4.79 Å². The maximum Gasteiger partial charge on any atom is 0.404 e. The largest absolute Gasteiger partial charge is 0.465 e. The Labute approximate surface area is 129 Å². The van der Waals surface area contributed by atoms with Crippen molar-refractivity contribution in [1.29, 1.82) is 5.26 Å². The van der Waals surface area contributed by atoms with Crippen molar-refractivity contribution in [3.8, 4) is 6.07 Å². The maximum atomic E-state index is 10.6. The van der Waals surface area contributed by atoms with E-state index in [4.69, 9.17) is 22.0 Å². The molecule has 1 amide bonds. The minimum absolute atomic E-state index is 0.0525. The Balaban J connectivity index is 1.99. The number of carbonyl (C=O) groups is 1. The number of halogens is 1. The second-order valence-electron chi connectivity index (χ2n) is 5.34. The van der Waals surface area contributed by atoms with Crippen molar-refractivity contribution in [3.63, 3.8) is 0 Å². The predicted molar refractivity (Wildman–Crippen MR) is 81.8 cm³/mol. The molecule has 2 N–H and O–H groups in total. The first-order valence-electron chi connectivity index (χ1n) is 6.93. The third-order valence-corrected chi connectivity index (χ3v) is 4.37. The lowest BCUT2D eigenvalue weighted by atomic mass is 9.90. The first-order chi connectivity index (χ1) is 10.0. The van der Waals surface area contributed by atoms with Crippen molar-refractivity contribution in [3.05, 3.63) is 28.8 Å². The average Bonchev–Trinajstić information content (AvgIpc) is 2.46. The standard InChI is InChI=1S/C15H18ClN3O2/c1-19(13-5-2-10(9-17)14(16)8-13)12-6-3-11(4-7-12)18-15(20)21/h2,5,8,11-12,18H,3-4,6-7H2,1H3,(H,20,21). The molecule has 0 unspecified atom stereocenters. The molecule has 0 radical (unpaired) electrons. The second-order valence-corrected chi connectivity index (χ2v) is 5.75. The number of hydrogen-bond acceptors (Lipinski definition) is 3. The topological polar surface area (TPSA) is 76.4 Å². The molecule has 1 fully saturated rings. The lowest BCUT2D eigenvalue weighted by Crippen LogP contribution is -2.42. The van der Waals surface area contributed by atoms with Crippen LogP contribution in [0.4, 0.5) is 10.5 Å². The molecule has 2 rings (SSSR count). The lowest BCUT2D eigenvalue weighted by Gasteiger charge is -2.36. The number of rotatable bonds is 3. The molecule has 112 valence electrons. The maximum absolute atomic E-state index is 10.6.